The Morgan fingerprint density at radius 3 is 2.08 bits per heavy atom. The zero-order valence-corrected chi connectivity index (χ0v) is 15.0. The fourth-order valence-electron chi connectivity index (χ4n) is 2.39. The number of nitrogens with one attached hydrogen (secondary N) is 2. The summed E-state index contributed by atoms with van der Waals surface area (Å²) in [5, 5.41) is 6.32. The molecule has 0 saturated heterocycles. The summed E-state index contributed by atoms with van der Waals surface area (Å²) in [6.45, 7) is 3.12. The predicted molar refractivity (Wildman–Crippen MR) is 98.2 cm³/mol. The minimum absolute atomic E-state index is 0.122. The monoisotopic (exact) mass is 371 g/mol. The number of benzene rings is 2. The van der Waals surface area contributed by atoms with Crippen molar-refractivity contribution >= 4 is 27.4 Å². The summed E-state index contributed by atoms with van der Waals surface area (Å²) in [6.07, 6.45) is 0. The molecule has 0 bridgehead atoms. The highest BCUT2D eigenvalue weighted by atomic mass is 32.2. The third-order valence-electron chi connectivity index (χ3n) is 3.57. The highest BCUT2D eigenvalue weighted by Crippen LogP contribution is 2.24. The molecule has 8 heteroatoms. The zero-order chi connectivity index (χ0) is 18.7. The van der Waals surface area contributed by atoms with Crippen LogP contribution in [-0.2, 0) is 14.8 Å². The molecule has 0 atom stereocenters. The smallest absolute Gasteiger partial charge is 0.263 e. The molecule has 1 heterocycles. The molecule has 2 aromatic carbocycles. The predicted octanol–water partition coefficient (Wildman–Crippen LogP) is 3.41. The maximum absolute atomic E-state index is 12.4. The highest BCUT2D eigenvalue weighted by molar-refractivity contribution is 7.92. The maximum Gasteiger partial charge on any atom is 0.263 e. The molecule has 134 valence electrons. The van der Waals surface area contributed by atoms with Crippen LogP contribution in [0.5, 0.6) is 0 Å². The van der Waals surface area contributed by atoms with Gasteiger partial charge in [-0.1, -0.05) is 29.4 Å². The molecule has 26 heavy (non-hydrogen) atoms. The van der Waals surface area contributed by atoms with E-state index < -0.39 is 10.0 Å². The van der Waals surface area contributed by atoms with Crippen molar-refractivity contribution in [3.05, 3.63) is 60.4 Å². The second-order valence-corrected chi connectivity index (χ2v) is 7.39. The molecule has 3 aromatic rings. The number of carbonyl (C=O) groups is 1. The lowest BCUT2D eigenvalue weighted by atomic mass is 10.1. The summed E-state index contributed by atoms with van der Waals surface area (Å²) in [5.74, 6) is 0.517. The summed E-state index contributed by atoms with van der Waals surface area (Å²) in [6, 6.07) is 15.3. The van der Waals surface area contributed by atoms with Gasteiger partial charge in [-0.15, -0.1) is 0 Å². The number of amides is 1. The number of aryl methyl sites for hydroxylation is 1. The Hall–Kier alpha value is -3.13. The van der Waals surface area contributed by atoms with Crippen LogP contribution >= 0.6 is 0 Å². The lowest BCUT2D eigenvalue weighted by Crippen LogP contribution is -2.13. The average molecular weight is 371 g/mol. The van der Waals surface area contributed by atoms with Crippen LogP contribution in [0.1, 0.15) is 12.7 Å². The normalized spacial score (nSPS) is 11.2. The third kappa shape index (κ3) is 4.09. The van der Waals surface area contributed by atoms with Gasteiger partial charge >= 0.3 is 0 Å². The topological polar surface area (TPSA) is 101 Å². The molecule has 0 aliphatic rings. The van der Waals surface area contributed by atoms with Crippen molar-refractivity contribution in [3.8, 4) is 11.1 Å². The number of sulfonamides is 1. The lowest BCUT2D eigenvalue weighted by Gasteiger charge is -2.07. The van der Waals surface area contributed by atoms with Crippen LogP contribution in [-0.4, -0.2) is 19.5 Å². The van der Waals surface area contributed by atoms with Gasteiger partial charge in [0.05, 0.1) is 4.90 Å². The Kier molecular flexibility index (Phi) is 4.77. The average Bonchev–Trinajstić information content (AvgIpc) is 2.99. The molecule has 0 radical (unpaired) electrons. The first-order valence-electron chi connectivity index (χ1n) is 7.78. The van der Waals surface area contributed by atoms with E-state index in [0.717, 1.165) is 11.1 Å². The maximum atomic E-state index is 12.4. The molecule has 0 aliphatic carbocycles. The quantitative estimate of drug-likeness (QED) is 0.716. The van der Waals surface area contributed by atoms with Gasteiger partial charge in [0, 0.05) is 18.7 Å². The van der Waals surface area contributed by atoms with Crippen molar-refractivity contribution in [2.45, 2.75) is 18.7 Å². The second kappa shape index (κ2) is 7.01. The fraction of sp³-hybridized carbons (Fsp3) is 0.111. The van der Waals surface area contributed by atoms with Gasteiger partial charge in [0.25, 0.3) is 10.0 Å². The first kappa shape index (κ1) is 17.7. The molecule has 2 N–H and O–H groups in total. The molecule has 0 unspecified atom stereocenters. The number of hydrogen-bond donors (Lipinski definition) is 2. The van der Waals surface area contributed by atoms with E-state index in [4.69, 9.17) is 4.52 Å². The lowest BCUT2D eigenvalue weighted by molar-refractivity contribution is -0.114. The minimum atomic E-state index is -3.74. The number of rotatable bonds is 5. The molecular formula is C18H17N3O4S. The van der Waals surface area contributed by atoms with Gasteiger partial charge in [-0.3, -0.25) is 9.52 Å². The first-order chi connectivity index (χ1) is 12.3. The SMILES string of the molecule is CC(=O)Nc1ccc(-c2ccc(S(=O)(=O)Nc3cc(C)on3)cc2)cc1. The largest absolute Gasteiger partial charge is 0.360 e. The standard InChI is InChI=1S/C18H17N3O4S/c1-12-11-18(20-25-12)21-26(23,24)17-9-5-15(6-10-17)14-3-7-16(8-4-14)19-13(2)22/h3-11H,1-2H3,(H,19,22)(H,20,21). The van der Waals surface area contributed by atoms with Crippen molar-refractivity contribution in [1.29, 1.82) is 0 Å². The molecule has 7 nitrogen and oxygen atoms in total. The van der Waals surface area contributed by atoms with E-state index in [0.29, 0.717) is 11.4 Å². The number of anilines is 2. The number of nitrogens with zero attached hydrogens (tertiary/aromatic N) is 1. The van der Waals surface area contributed by atoms with Gasteiger partial charge < -0.3 is 9.84 Å². The van der Waals surface area contributed by atoms with Gasteiger partial charge in [0.2, 0.25) is 5.91 Å². The van der Waals surface area contributed by atoms with Gasteiger partial charge in [-0.05, 0) is 42.3 Å². The molecular weight excluding hydrogens is 354 g/mol. The van der Waals surface area contributed by atoms with Crippen molar-refractivity contribution in [3.63, 3.8) is 0 Å². The van der Waals surface area contributed by atoms with Crippen molar-refractivity contribution in [2.75, 3.05) is 10.0 Å². The summed E-state index contributed by atoms with van der Waals surface area (Å²) in [5.41, 5.74) is 2.46. The van der Waals surface area contributed by atoms with Gasteiger partial charge in [-0.2, -0.15) is 0 Å². The van der Waals surface area contributed by atoms with Crippen LogP contribution < -0.4 is 10.0 Å². The van der Waals surface area contributed by atoms with Gasteiger partial charge in [0.15, 0.2) is 5.82 Å². The third-order valence-corrected chi connectivity index (χ3v) is 4.94. The Labute approximate surface area is 151 Å². The van der Waals surface area contributed by atoms with E-state index in [-0.39, 0.29) is 16.6 Å². The van der Waals surface area contributed by atoms with Crippen molar-refractivity contribution in [2.24, 2.45) is 0 Å². The van der Waals surface area contributed by atoms with Crippen LogP contribution in [0.15, 0.2) is 64.0 Å². The van der Waals surface area contributed by atoms with Crippen LogP contribution in [0, 0.1) is 6.92 Å². The van der Waals surface area contributed by atoms with Crippen LogP contribution in [0.4, 0.5) is 11.5 Å². The Balaban J connectivity index is 1.78. The molecule has 0 aliphatic heterocycles. The summed E-state index contributed by atoms with van der Waals surface area (Å²) < 4.78 is 32.0. The minimum Gasteiger partial charge on any atom is -0.360 e. The van der Waals surface area contributed by atoms with E-state index in [1.807, 2.05) is 12.1 Å². The van der Waals surface area contributed by atoms with Crippen LogP contribution in [0.3, 0.4) is 0 Å². The van der Waals surface area contributed by atoms with Crippen LogP contribution in [0.2, 0.25) is 0 Å². The van der Waals surface area contributed by atoms with Gasteiger partial charge in [-0.25, -0.2) is 8.42 Å². The Morgan fingerprint density at radius 2 is 1.58 bits per heavy atom. The Morgan fingerprint density at radius 1 is 1.00 bits per heavy atom. The molecule has 0 fully saturated rings. The fourth-order valence-corrected chi connectivity index (χ4v) is 3.37. The number of aromatic nitrogens is 1. The summed E-state index contributed by atoms with van der Waals surface area (Å²) in [7, 11) is -3.74. The second-order valence-electron chi connectivity index (χ2n) is 5.71. The number of hydrogen-bond acceptors (Lipinski definition) is 5. The van der Waals surface area contributed by atoms with Crippen LogP contribution in [0.25, 0.3) is 11.1 Å². The van der Waals surface area contributed by atoms with Crippen molar-refractivity contribution in [1.82, 2.24) is 5.16 Å². The van der Waals surface area contributed by atoms with E-state index in [2.05, 4.69) is 15.2 Å². The van der Waals surface area contributed by atoms with Gasteiger partial charge in [0.1, 0.15) is 5.76 Å². The number of carbonyl (C=O) groups excluding carboxylic acids is 1. The summed E-state index contributed by atoms with van der Waals surface area (Å²) in [4.78, 5) is 11.2. The molecule has 1 aromatic heterocycles. The molecule has 1 amide bonds. The highest BCUT2D eigenvalue weighted by Gasteiger charge is 2.16. The summed E-state index contributed by atoms with van der Waals surface area (Å²) >= 11 is 0. The molecule has 3 rings (SSSR count). The Bertz CT molecular complexity index is 1020. The van der Waals surface area contributed by atoms with E-state index in [1.54, 1.807) is 31.2 Å². The molecule has 0 spiro atoms. The first-order valence-corrected chi connectivity index (χ1v) is 9.26. The zero-order valence-electron chi connectivity index (χ0n) is 14.2. The van der Waals surface area contributed by atoms with E-state index in [9.17, 15) is 13.2 Å². The van der Waals surface area contributed by atoms with E-state index in [1.165, 1.54) is 25.1 Å². The van der Waals surface area contributed by atoms with E-state index >= 15 is 0 Å². The molecule has 0 saturated carbocycles. The van der Waals surface area contributed by atoms with Crippen molar-refractivity contribution < 1.29 is 17.7 Å².